The zero-order valence-corrected chi connectivity index (χ0v) is 12.1. The van der Waals surface area contributed by atoms with Crippen LogP contribution in [-0.2, 0) is 12.8 Å². The fraction of sp³-hybridized carbons (Fsp3) is 0.333. The van der Waals surface area contributed by atoms with Gasteiger partial charge >= 0.3 is 0 Å². The predicted octanol–water partition coefficient (Wildman–Crippen LogP) is 3.44. The Kier molecular flexibility index (Phi) is 3.75. The lowest BCUT2D eigenvalue weighted by atomic mass is 9.98. The maximum atomic E-state index is 5.79. The van der Waals surface area contributed by atoms with Crippen molar-refractivity contribution in [3.05, 3.63) is 53.6 Å². The van der Waals surface area contributed by atoms with E-state index < -0.39 is 0 Å². The van der Waals surface area contributed by atoms with Gasteiger partial charge in [0.05, 0.1) is 6.61 Å². The second-order valence-corrected chi connectivity index (χ2v) is 5.48. The third-order valence-corrected chi connectivity index (χ3v) is 4.01. The van der Waals surface area contributed by atoms with E-state index in [1.807, 2.05) is 7.05 Å². The lowest BCUT2D eigenvalue weighted by molar-refractivity contribution is 0.358. The Bertz CT molecular complexity index is 589. The second-order valence-electron chi connectivity index (χ2n) is 5.48. The largest absolute Gasteiger partial charge is 0.492 e. The molecule has 104 valence electrons. The van der Waals surface area contributed by atoms with E-state index in [0.717, 1.165) is 25.2 Å². The fourth-order valence-electron chi connectivity index (χ4n) is 2.72. The summed E-state index contributed by atoms with van der Waals surface area (Å²) in [6.07, 6.45) is 2.08. The molecule has 0 radical (unpaired) electrons. The Hall–Kier alpha value is -1.80. The highest BCUT2D eigenvalue weighted by Gasteiger charge is 2.16. The molecule has 2 nitrogen and oxygen atoms in total. The third kappa shape index (κ3) is 2.56. The number of likely N-dealkylation sites (N-methyl/N-ethyl adjacent to an activating group) is 1. The van der Waals surface area contributed by atoms with Gasteiger partial charge in [0.25, 0.3) is 0 Å². The SMILES string of the molecule is CNC(C)Cc1ccc(-c2cccc3c2OCC3)cc1. The predicted molar refractivity (Wildman–Crippen MR) is 83.3 cm³/mol. The summed E-state index contributed by atoms with van der Waals surface area (Å²) in [7, 11) is 2.00. The van der Waals surface area contributed by atoms with Crippen LogP contribution in [-0.4, -0.2) is 19.7 Å². The first-order chi connectivity index (χ1) is 9.78. The van der Waals surface area contributed by atoms with Crippen molar-refractivity contribution in [1.82, 2.24) is 5.32 Å². The average molecular weight is 267 g/mol. The number of hydrogen-bond acceptors (Lipinski definition) is 2. The van der Waals surface area contributed by atoms with Gasteiger partial charge in [-0.25, -0.2) is 0 Å². The lowest BCUT2D eigenvalue weighted by Crippen LogP contribution is -2.23. The fourth-order valence-corrected chi connectivity index (χ4v) is 2.72. The minimum absolute atomic E-state index is 0.505. The van der Waals surface area contributed by atoms with Crippen LogP contribution in [0.25, 0.3) is 11.1 Å². The van der Waals surface area contributed by atoms with Crippen molar-refractivity contribution in [2.45, 2.75) is 25.8 Å². The zero-order valence-electron chi connectivity index (χ0n) is 12.1. The van der Waals surface area contributed by atoms with E-state index >= 15 is 0 Å². The summed E-state index contributed by atoms with van der Waals surface area (Å²) < 4.78 is 5.79. The van der Waals surface area contributed by atoms with Crippen LogP contribution in [0.5, 0.6) is 5.75 Å². The van der Waals surface area contributed by atoms with Crippen LogP contribution in [0.15, 0.2) is 42.5 Å². The molecule has 0 saturated heterocycles. The van der Waals surface area contributed by atoms with Crippen molar-refractivity contribution in [3.63, 3.8) is 0 Å². The molecule has 0 aromatic heterocycles. The third-order valence-electron chi connectivity index (χ3n) is 4.01. The van der Waals surface area contributed by atoms with Gasteiger partial charge in [-0.3, -0.25) is 0 Å². The molecule has 20 heavy (non-hydrogen) atoms. The van der Waals surface area contributed by atoms with Crippen molar-refractivity contribution in [3.8, 4) is 16.9 Å². The van der Waals surface area contributed by atoms with Crippen LogP contribution in [0.1, 0.15) is 18.1 Å². The highest BCUT2D eigenvalue weighted by Crippen LogP contribution is 2.36. The van der Waals surface area contributed by atoms with E-state index in [-0.39, 0.29) is 0 Å². The lowest BCUT2D eigenvalue weighted by Gasteiger charge is -2.12. The second kappa shape index (κ2) is 5.68. The topological polar surface area (TPSA) is 21.3 Å². The number of para-hydroxylation sites is 1. The van der Waals surface area contributed by atoms with Gasteiger partial charge in [0.15, 0.2) is 0 Å². The van der Waals surface area contributed by atoms with Crippen LogP contribution in [0.4, 0.5) is 0 Å². The molecule has 2 heteroatoms. The van der Waals surface area contributed by atoms with Crippen molar-refractivity contribution in [1.29, 1.82) is 0 Å². The molecule has 2 aromatic carbocycles. The maximum Gasteiger partial charge on any atom is 0.130 e. The van der Waals surface area contributed by atoms with Gasteiger partial charge in [0.2, 0.25) is 0 Å². The summed E-state index contributed by atoms with van der Waals surface area (Å²) in [5.74, 6) is 1.07. The first-order valence-corrected chi connectivity index (χ1v) is 7.29. The van der Waals surface area contributed by atoms with Crippen LogP contribution in [0, 0.1) is 0 Å². The Balaban J connectivity index is 1.87. The Labute approximate surface area is 120 Å². The molecular weight excluding hydrogens is 246 g/mol. The Morgan fingerprint density at radius 3 is 2.70 bits per heavy atom. The summed E-state index contributed by atoms with van der Waals surface area (Å²) >= 11 is 0. The zero-order chi connectivity index (χ0) is 13.9. The highest BCUT2D eigenvalue weighted by molar-refractivity contribution is 5.73. The molecule has 1 N–H and O–H groups in total. The number of benzene rings is 2. The van der Waals surface area contributed by atoms with E-state index in [4.69, 9.17) is 4.74 Å². The molecule has 2 aromatic rings. The number of ether oxygens (including phenoxy) is 1. The van der Waals surface area contributed by atoms with Crippen LogP contribution >= 0.6 is 0 Å². The Morgan fingerprint density at radius 2 is 1.95 bits per heavy atom. The first kappa shape index (κ1) is 13.2. The molecule has 1 aliphatic heterocycles. The first-order valence-electron chi connectivity index (χ1n) is 7.29. The molecular formula is C18H21NO. The number of rotatable bonds is 4. The standard InChI is InChI=1S/C18H21NO/c1-13(19-2)12-14-6-8-15(9-7-14)17-5-3-4-16-10-11-20-18(16)17/h3-9,13,19H,10-12H2,1-2H3. The van der Waals surface area contributed by atoms with Gasteiger partial charge in [-0.15, -0.1) is 0 Å². The van der Waals surface area contributed by atoms with Crippen molar-refractivity contribution < 1.29 is 4.74 Å². The van der Waals surface area contributed by atoms with Crippen LogP contribution < -0.4 is 10.1 Å². The normalized spacial score (nSPS) is 14.7. The summed E-state index contributed by atoms with van der Waals surface area (Å²) in [6, 6.07) is 15.8. The summed E-state index contributed by atoms with van der Waals surface area (Å²) in [4.78, 5) is 0. The molecule has 0 bridgehead atoms. The van der Waals surface area contributed by atoms with Gasteiger partial charge in [-0.05, 0) is 37.1 Å². The van der Waals surface area contributed by atoms with Gasteiger partial charge in [-0.1, -0.05) is 42.5 Å². The van der Waals surface area contributed by atoms with Crippen LogP contribution in [0.3, 0.4) is 0 Å². The van der Waals surface area contributed by atoms with Gasteiger partial charge in [0.1, 0.15) is 5.75 Å². The van der Waals surface area contributed by atoms with E-state index in [9.17, 15) is 0 Å². The van der Waals surface area contributed by atoms with E-state index in [1.165, 1.54) is 22.3 Å². The minimum Gasteiger partial charge on any atom is -0.492 e. The van der Waals surface area contributed by atoms with Crippen molar-refractivity contribution in [2.24, 2.45) is 0 Å². The maximum absolute atomic E-state index is 5.79. The number of fused-ring (bicyclic) bond motifs is 1. The van der Waals surface area contributed by atoms with E-state index in [1.54, 1.807) is 0 Å². The van der Waals surface area contributed by atoms with E-state index in [2.05, 4.69) is 54.7 Å². The minimum atomic E-state index is 0.505. The highest BCUT2D eigenvalue weighted by atomic mass is 16.5. The molecule has 0 fully saturated rings. The Morgan fingerprint density at radius 1 is 1.15 bits per heavy atom. The monoisotopic (exact) mass is 267 g/mol. The quantitative estimate of drug-likeness (QED) is 0.916. The smallest absolute Gasteiger partial charge is 0.130 e. The molecule has 1 aliphatic rings. The molecule has 0 amide bonds. The summed E-state index contributed by atoms with van der Waals surface area (Å²) in [5, 5.41) is 3.27. The van der Waals surface area contributed by atoms with Gasteiger partial charge in [0, 0.05) is 18.0 Å². The summed E-state index contributed by atoms with van der Waals surface area (Å²) in [5.41, 5.74) is 5.15. The van der Waals surface area contributed by atoms with Crippen molar-refractivity contribution >= 4 is 0 Å². The average Bonchev–Trinajstić information content (AvgIpc) is 2.96. The molecule has 0 aliphatic carbocycles. The number of hydrogen-bond donors (Lipinski definition) is 1. The van der Waals surface area contributed by atoms with Crippen molar-refractivity contribution in [2.75, 3.05) is 13.7 Å². The van der Waals surface area contributed by atoms with E-state index in [0.29, 0.717) is 6.04 Å². The van der Waals surface area contributed by atoms with Gasteiger partial charge < -0.3 is 10.1 Å². The number of nitrogens with one attached hydrogen (secondary N) is 1. The van der Waals surface area contributed by atoms with Crippen LogP contribution in [0.2, 0.25) is 0 Å². The van der Waals surface area contributed by atoms with Gasteiger partial charge in [-0.2, -0.15) is 0 Å². The molecule has 1 heterocycles. The molecule has 3 rings (SSSR count). The molecule has 1 atom stereocenters. The molecule has 0 saturated carbocycles. The molecule has 1 unspecified atom stereocenters. The molecule has 0 spiro atoms. The summed E-state index contributed by atoms with van der Waals surface area (Å²) in [6.45, 7) is 3.01.